The molecule has 5 nitrogen and oxygen atoms in total. The van der Waals surface area contributed by atoms with Crippen LogP contribution in [0.4, 0.5) is 8.78 Å². The van der Waals surface area contributed by atoms with Gasteiger partial charge in [0.15, 0.2) is 6.61 Å². The maximum absolute atomic E-state index is 13.9. The number of pyridine rings is 1. The lowest BCUT2D eigenvalue weighted by Gasteiger charge is -2.37. The number of carbonyl (C=O) groups is 1. The van der Waals surface area contributed by atoms with Crippen molar-refractivity contribution in [1.82, 2.24) is 9.88 Å². The molecule has 4 rings (SSSR count). The van der Waals surface area contributed by atoms with E-state index in [4.69, 9.17) is 4.74 Å². The van der Waals surface area contributed by atoms with Gasteiger partial charge < -0.3 is 9.64 Å². The number of amides is 1. The highest BCUT2D eigenvalue weighted by Gasteiger charge is 2.36. The molecular formula is C24H21F2N3O2. The van der Waals surface area contributed by atoms with Gasteiger partial charge in [0.2, 0.25) is 0 Å². The van der Waals surface area contributed by atoms with Crippen molar-refractivity contribution < 1.29 is 18.3 Å². The summed E-state index contributed by atoms with van der Waals surface area (Å²) >= 11 is 0. The van der Waals surface area contributed by atoms with E-state index in [1.807, 2.05) is 0 Å². The van der Waals surface area contributed by atoms with Crippen molar-refractivity contribution in [3.05, 3.63) is 71.9 Å². The molecule has 0 bridgehead atoms. The summed E-state index contributed by atoms with van der Waals surface area (Å²) in [6.45, 7) is 0.702. The van der Waals surface area contributed by atoms with Crippen molar-refractivity contribution in [3.8, 4) is 11.8 Å². The molecule has 2 heterocycles. The number of ether oxygens (including phenoxy) is 1. The third kappa shape index (κ3) is 4.48. The van der Waals surface area contributed by atoms with Gasteiger partial charge >= 0.3 is 0 Å². The van der Waals surface area contributed by atoms with Gasteiger partial charge in [-0.1, -0.05) is 12.1 Å². The molecule has 1 aliphatic rings. The Morgan fingerprint density at radius 2 is 1.87 bits per heavy atom. The molecule has 0 spiro atoms. The molecule has 1 aliphatic heterocycles. The summed E-state index contributed by atoms with van der Waals surface area (Å²) in [6, 6.07) is 14.6. The van der Waals surface area contributed by atoms with Gasteiger partial charge in [-0.15, -0.1) is 0 Å². The SMILES string of the molecule is N#CC1(Cc2ccc(F)cc2)CCN(C(=O)COc2ccc(F)c3cccnc23)CC1. The summed E-state index contributed by atoms with van der Waals surface area (Å²) in [5, 5.41) is 10.1. The quantitative estimate of drug-likeness (QED) is 0.617. The largest absolute Gasteiger partial charge is 0.481 e. The van der Waals surface area contributed by atoms with Crippen LogP contribution in [0.1, 0.15) is 18.4 Å². The fourth-order valence-electron chi connectivity index (χ4n) is 3.96. The number of hydrogen-bond acceptors (Lipinski definition) is 4. The van der Waals surface area contributed by atoms with Gasteiger partial charge in [-0.2, -0.15) is 5.26 Å². The van der Waals surface area contributed by atoms with Crippen molar-refractivity contribution in [2.45, 2.75) is 19.3 Å². The van der Waals surface area contributed by atoms with Crippen LogP contribution in [0.15, 0.2) is 54.7 Å². The number of rotatable bonds is 5. The first-order chi connectivity index (χ1) is 15.0. The Balaban J connectivity index is 1.37. The molecule has 0 N–H and O–H groups in total. The summed E-state index contributed by atoms with van der Waals surface area (Å²) in [5.41, 5.74) is 0.700. The number of nitriles is 1. The van der Waals surface area contributed by atoms with E-state index < -0.39 is 11.2 Å². The van der Waals surface area contributed by atoms with Crippen LogP contribution in [-0.4, -0.2) is 35.5 Å². The highest BCUT2D eigenvalue weighted by molar-refractivity contribution is 5.85. The molecule has 1 saturated heterocycles. The van der Waals surface area contributed by atoms with Crippen LogP contribution in [0, 0.1) is 28.4 Å². The predicted octanol–water partition coefficient (Wildman–Crippen LogP) is 4.27. The Bertz CT molecular complexity index is 1130. The van der Waals surface area contributed by atoms with Crippen molar-refractivity contribution in [2.24, 2.45) is 5.41 Å². The summed E-state index contributed by atoms with van der Waals surface area (Å²) in [5.74, 6) is -0.544. The molecule has 31 heavy (non-hydrogen) atoms. The van der Waals surface area contributed by atoms with Crippen molar-refractivity contribution in [2.75, 3.05) is 19.7 Å². The normalized spacial score (nSPS) is 15.5. The third-order valence-corrected chi connectivity index (χ3v) is 5.80. The van der Waals surface area contributed by atoms with E-state index in [9.17, 15) is 18.8 Å². The van der Waals surface area contributed by atoms with Gasteiger partial charge in [0, 0.05) is 24.7 Å². The number of halogens is 2. The van der Waals surface area contributed by atoms with Crippen LogP contribution < -0.4 is 4.74 Å². The molecule has 0 atom stereocenters. The first-order valence-electron chi connectivity index (χ1n) is 10.1. The highest BCUT2D eigenvalue weighted by atomic mass is 19.1. The number of piperidine rings is 1. The maximum Gasteiger partial charge on any atom is 0.260 e. The number of hydrogen-bond donors (Lipinski definition) is 0. The fraction of sp³-hybridized carbons (Fsp3) is 0.292. The average molecular weight is 421 g/mol. The van der Waals surface area contributed by atoms with E-state index in [1.54, 1.807) is 35.4 Å². The molecule has 0 saturated carbocycles. The van der Waals surface area contributed by atoms with Crippen LogP contribution in [0.3, 0.4) is 0 Å². The zero-order valence-electron chi connectivity index (χ0n) is 16.9. The van der Waals surface area contributed by atoms with Gasteiger partial charge in [0.1, 0.15) is 22.9 Å². The lowest BCUT2D eigenvalue weighted by molar-refractivity contribution is -0.135. The van der Waals surface area contributed by atoms with Gasteiger partial charge in [-0.25, -0.2) is 8.78 Å². The number of benzene rings is 2. The molecule has 1 aromatic heterocycles. The fourth-order valence-corrected chi connectivity index (χ4v) is 3.96. The third-order valence-electron chi connectivity index (χ3n) is 5.80. The lowest BCUT2D eigenvalue weighted by Crippen LogP contribution is -2.45. The predicted molar refractivity (Wildman–Crippen MR) is 111 cm³/mol. The number of nitrogens with zero attached hydrogens (tertiary/aromatic N) is 3. The summed E-state index contributed by atoms with van der Waals surface area (Å²) < 4.78 is 32.7. The topological polar surface area (TPSA) is 66.2 Å². The molecule has 1 fully saturated rings. The van der Waals surface area contributed by atoms with Gasteiger partial charge in [0.05, 0.1) is 11.5 Å². The summed E-state index contributed by atoms with van der Waals surface area (Å²) in [6.07, 6.45) is 3.14. The summed E-state index contributed by atoms with van der Waals surface area (Å²) in [7, 11) is 0. The first-order valence-corrected chi connectivity index (χ1v) is 10.1. The van der Waals surface area contributed by atoms with E-state index >= 15 is 0 Å². The Morgan fingerprint density at radius 1 is 1.13 bits per heavy atom. The molecule has 1 amide bonds. The van der Waals surface area contributed by atoms with Crippen molar-refractivity contribution in [1.29, 1.82) is 5.26 Å². The number of carbonyl (C=O) groups excluding carboxylic acids is 1. The number of aromatic nitrogens is 1. The Morgan fingerprint density at radius 3 is 2.58 bits per heavy atom. The van der Waals surface area contributed by atoms with Crippen LogP contribution >= 0.6 is 0 Å². The van der Waals surface area contributed by atoms with E-state index in [2.05, 4.69) is 11.1 Å². The van der Waals surface area contributed by atoms with Crippen LogP contribution in [0.5, 0.6) is 5.75 Å². The Hall–Kier alpha value is -3.53. The smallest absolute Gasteiger partial charge is 0.260 e. The monoisotopic (exact) mass is 421 g/mol. The van der Waals surface area contributed by atoms with Gasteiger partial charge in [-0.05, 0) is 61.2 Å². The Kier molecular flexibility index (Phi) is 5.81. The number of likely N-dealkylation sites (tertiary alicyclic amines) is 1. The van der Waals surface area contributed by atoms with E-state index in [0.29, 0.717) is 49.0 Å². The molecule has 2 aromatic carbocycles. The minimum Gasteiger partial charge on any atom is -0.481 e. The standard InChI is InChI=1S/C24H21F2N3O2/c25-18-5-3-17(4-6-18)14-24(16-27)9-12-29(13-10-24)22(30)15-31-21-8-7-20(26)19-2-1-11-28-23(19)21/h1-8,11H,9-10,12-15H2. The first kappa shape index (κ1) is 20.7. The van der Waals surface area contributed by atoms with E-state index in [1.165, 1.54) is 24.3 Å². The maximum atomic E-state index is 13.9. The minimum absolute atomic E-state index is 0.186. The van der Waals surface area contributed by atoms with Gasteiger partial charge in [-0.3, -0.25) is 9.78 Å². The van der Waals surface area contributed by atoms with E-state index in [0.717, 1.165) is 5.56 Å². The lowest BCUT2D eigenvalue weighted by atomic mass is 9.75. The van der Waals surface area contributed by atoms with Crippen LogP contribution in [-0.2, 0) is 11.2 Å². The molecular weight excluding hydrogens is 400 g/mol. The molecule has 0 radical (unpaired) electrons. The minimum atomic E-state index is -0.577. The second kappa shape index (κ2) is 8.68. The zero-order chi connectivity index (χ0) is 21.8. The van der Waals surface area contributed by atoms with Crippen LogP contribution in [0.25, 0.3) is 10.9 Å². The second-order valence-corrected chi connectivity index (χ2v) is 7.81. The molecule has 7 heteroatoms. The van der Waals surface area contributed by atoms with Crippen LogP contribution in [0.2, 0.25) is 0 Å². The van der Waals surface area contributed by atoms with Crippen molar-refractivity contribution in [3.63, 3.8) is 0 Å². The second-order valence-electron chi connectivity index (χ2n) is 7.81. The molecule has 0 unspecified atom stereocenters. The molecule has 158 valence electrons. The number of fused-ring (bicyclic) bond motifs is 1. The van der Waals surface area contributed by atoms with Crippen molar-refractivity contribution >= 4 is 16.8 Å². The zero-order valence-corrected chi connectivity index (χ0v) is 16.9. The molecule has 0 aliphatic carbocycles. The Labute approximate surface area is 178 Å². The van der Waals surface area contributed by atoms with Gasteiger partial charge in [0.25, 0.3) is 5.91 Å². The highest BCUT2D eigenvalue weighted by Crippen LogP contribution is 2.35. The van der Waals surface area contributed by atoms with E-state index in [-0.39, 0.29) is 18.3 Å². The molecule has 3 aromatic rings. The summed E-state index contributed by atoms with van der Waals surface area (Å²) in [4.78, 5) is 18.5. The average Bonchev–Trinajstić information content (AvgIpc) is 2.80.